The van der Waals surface area contributed by atoms with Crippen LogP contribution in [0.25, 0.3) is 0 Å². The minimum absolute atomic E-state index is 0.323. The van der Waals surface area contributed by atoms with Crippen molar-refractivity contribution in [3.05, 3.63) is 0 Å². The van der Waals surface area contributed by atoms with Gasteiger partial charge in [0.25, 0.3) is 0 Å². The number of unbranched alkanes of at least 4 members (excludes halogenated alkanes) is 24. The molecular formula is C30H63O4P. The van der Waals surface area contributed by atoms with E-state index in [-0.39, 0.29) is 0 Å². The zero-order chi connectivity index (χ0) is 25.7. The molecule has 1 unspecified atom stereocenters. The van der Waals surface area contributed by atoms with E-state index in [1.807, 2.05) is 0 Å². The van der Waals surface area contributed by atoms with Crippen molar-refractivity contribution in [2.75, 3.05) is 13.2 Å². The van der Waals surface area contributed by atoms with Crippen LogP contribution in [0.5, 0.6) is 0 Å². The predicted molar refractivity (Wildman–Crippen MR) is 153 cm³/mol. The Labute approximate surface area is 220 Å². The van der Waals surface area contributed by atoms with Gasteiger partial charge in [-0.1, -0.05) is 168 Å². The molecule has 0 bridgehead atoms. The molecule has 0 amide bonds. The monoisotopic (exact) mass is 518 g/mol. The van der Waals surface area contributed by atoms with Crippen LogP contribution in [0.2, 0.25) is 0 Å². The lowest BCUT2D eigenvalue weighted by Gasteiger charge is -2.12. The van der Waals surface area contributed by atoms with E-state index in [4.69, 9.17) is 9.05 Å². The van der Waals surface area contributed by atoms with Crippen molar-refractivity contribution in [1.82, 2.24) is 0 Å². The molecule has 0 saturated heterocycles. The summed E-state index contributed by atoms with van der Waals surface area (Å²) in [5.74, 6) is 0. The Bertz CT molecular complexity index is 444. The van der Waals surface area contributed by atoms with Crippen molar-refractivity contribution >= 4 is 7.82 Å². The topological polar surface area (TPSA) is 55.8 Å². The van der Waals surface area contributed by atoms with Crippen molar-refractivity contribution in [3.8, 4) is 0 Å². The first-order valence-corrected chi connectivity index (χ1v) is 17.2. The largest absolute Gasteiger partial charge is 0.472 e. The molecule has 0 aromatic rings. The van der Waals surface area contributed by atoms with Crippen molar-refractivity contribution < 1.29 is 18.5 Å². The van der Waals surface area contributed by atoms with Gasteiger partial charge < -0.3 is 4.89 Å². The van der Waals surface area contributed by atoms with E-state index in [0.29, 0.717) is 13.2 Å². The molecule has 0 aromatic heterocycles. The first-order valence-electron chi connectivity index (χ1n) is 15.7. The van der Waals surface area contributed by atoms with E-state index < -0.39 is 7.82 Å². The molecule has 0 fully saturated rings. The van der Waals surface area contributed by atoms with Gasteiger partial charge in [-0.05, 0) is 12.8 Å². The lowest BCUT2D eigenvalue weighted by Crippen LogP contribution is -1.99. The quantitative estimate of drug-likeness (QED) is 0.0758. The molecule has 212 valence electrons. The fraction of sp³-hybridized carbons (Fsp3) is 1.00. The van der Waals surface area contributed by atoms with E-state index in [0.717, 1.165) is 25.7 Å². The Kier molecular flexibility index (Phi) is 28.8. The second-order valence-electron chi connectivity index (χ2n) is 10.6. The maximum Gasteiger partial charge on any atom is 0.472 e. The highest BCUT2D eigenvalue weighted by Crippen LogP contribution is 2.43. The number of rotatable bonds is 30. The van der Waals surface area contributed by atoms with Crippen molar-refractivity contribution in [2.45, 2.75) is 181 Å². The van der Waals surface area contributed by atoms with Crippen LogP contribution in [0.1, 0.15) is 181 Å². The predicted octanol–water partition coefficient (Wildman–Crippen LogP) is 11.3. The molecule has 0 radical (unpaired) electrons. The molecule has 0 saturated carbocycles. The first kappa shape index (κ1) is 35.1. The van der Waals surface area contributed by atoms with Gasteiger partial charge in [0.2, 0.25) is 0 Å². The van der Waals surface area contributed by atoms with Gasteiger partial charge >= 0.3 is 7.82 Å². The SMILES string of the molecule is CCCCCCCCCCCCCCCCOP(=O)(O)OCCCCCCCCCCCCCC. The highest BCUT2D eigenvalue weighted by atomic mass is 31.2. The van der Waals surface area contributed by atoms with Crippen molar-refractivity contribution in [3.63, 3.8) is 0 Å². The molecule has 1 atom stereocenters. The summed E-state index contributed by atoms with van der Waals surface area (Å²) in [5, 5.41) is 0. The zero-order valence-electron chi connectivity index (χ0n) is 23.9. The number of hydrogen-bond acceptors (Lipinski definition) is 3. The molecule has 35 heavy (non-hydrogen) atoms. The van der Waals surface area contributed by atoms with Gasteiger partial charge in [0, 0.05) is 0 Å². The second kappa shape index (κ2) is 28.7. The smallest absolute Gasteiger partial charge is 0.302 e. The Morgan fingerprint density at radius 1 is 0.400 bits per heavy atom. The van der Waals surface area contributed by atoms with Crippen molar-refractivity contribution in [1.29, 1.82) is 0 Å². The van der Waals surface area contributed by atoms with E-state index in [2.05, 4.69) is 13.8 Å². The maximum absolute atomic E-state index is 12.0. The molecule has 0 aliphatic carbocycles. The third kappa shape index (κ3) is 30.2. The average molecular weight is 519 g/mol. The molecule has 0 heterocycles. The fourth-order valence-corrected chi connectivity index (χ4v) is 5.43. The van der Waals surface area contributed by atoms with Gasteiger partial charge in [0.05, 0.1) is 13.2 Å². The van der Waals surface area contributed by atoms with Crippen LogP contribution in [0.4, 0.5) is 0 Å². The lowest BCUT2D eigenvalue weighted by atomic mass is 10.0. The Hall–Kier alpha value is 0.110. The van der Waals surface area contributed by atoms with Crippen LogP contribution in [0, 0.1) is 0 Å². The summed E-state index contributed by atoms with van der Waals surface area (Å²) in [7, 11) is -3.86. The van der Waals surface area contributed by atoms with Gasteiger partial charge in [0.15, 0.2) is 0 Å². The average Bonchev–Trinajstić information content (AvgIpc) is 2.84. The Balaban J connectivity index is 3.28. The highest BCUT2D eigenvalue weighted by Gasteiger charge is 2.19. The van der Waals surface area contributed by atoms with Crippen LogP contribution in [-0.4, -0.2) is 18.1 Å². The van der Waals surface area contributed by atoms with E-state index >= 15 is 0 Å². The van der Waals surface area contributed by atoms with Crippen molar-refractivity contribution in [2.24, 2.45) is 0 Å². The van der Waals surface area contributed by atoms with Gasteiger partial charge in [0.1, 0.15) is 0 Å². The van der Waals surface area contributed by atoms with E-state index in [1.165, 1.54) is 141 Å². The number of phosphoric ester groups is 1. The third-order valence-corrected chi connectivity index (χ3v) is 8.02. The standard InChI is InChI=1S/C30H63O4P/c1-3-5-7-9-11-13-15-17-18-20-22-24-26-28-30-34-35(31,32)33-29-27-25-23-21-19-16-14-12-10-8-6-4-2/h3-30H2,1-2H3,(H,31,32). The number of hydrogen-bond donors (Lipinski definition) is 1. The minimum atomic E-state index is -3.86. The molecule has 0 aliphatic heterocycles. The molecular weight excluding hydrogens is 455 g/mol. The van der Waals surface area contributed by atoms with Crippen LogP contribution < -0.4 is 0 Å². The molecule has 0 aliphatic rings. The van der Waals surface area contributed by atoms with Gasteiger partial charge in [-0.25, -0.2) is 4.57 Å². The van der Waals surface area contributed by atoms with Crippen LogP contribution >= 0.6 is 7.82 Å². The molecule has 0 rings (SSSR count). The summed E-state index contributed by atoms with van der Waals surface area (Å²) in [4.78, 5) is 9.81. The molecule has 5 heteroatoms. The van der Waals surface area contributed by atoms with Crippen LogP contribution in [0.15, 0.2) is 0 Å². The van der Waals surface area contributed by atoms with Gasteiger partial charge in [-0.2, -0.15) is 0 Å². The van der Waals surface area contributed by atoms with Crippen LogP contribution in [-0.2, 0) is 13.6 Å². The number of phosphoric acid groups is 1. The lowest BCUT2D eigenvalue weighted by molar-refractivity contribution is 0.145. The molecule has 4 nitrogen and oxygen atoms in total. The second-order valence-corrected chi connectivity index (χ2v) is 12.1. The fourth-order valence-electron chi connectivity index (χ4n) is 4.64. The summed E-state index contributed by atoms with van der Waals surface area (Å²) >= 11 is 0. The van der Waals surface area contributed by atoms with Crippen LogP contribution in [0.3, 0.4) is 0 Å². The molecule has 0 spiro atoms. The normalized spacial score (nSPS) is 13.3. The molecule has 0 aromatic carbocycles. The molecule has 1 N–H and O–H groups in total. The highest BCUT2D eigenvalue weighted by molar-refractivity contribution is 7.47. The van der Waals surface area contributed by atoms with Gasteiger partial charge in [-0.3, -0.25) is 9.05 Å². The van der Waals surface area contributed by atoms with E-state index in [1.54, 1.807) is 0 Å². The summed E-state index contributed by atoms with van der Waals surface area (Å²) in [5.41, 5.74) is 0. The Morgan fingerprint density at radius 3 is 0.829 bits per heavy atom. The van der Waals surface area contributed by atoms with Gasteiger partial charge in [-0.15, -0.1) is 0 Å². The summed E-state index contributed by atoms with van der Waals surface area (Å²) < 4.78 is 22.2. The first-order chi connectivity index (χ1) is 17.1. The Morgan fingerprint density at radius 2 is 0.600 bits per heavy atom. The summed E-state index contributed by atoms with van der Waals surface area (Å²) in [6, 6.07) is 0. The van der Waals surface area contributed by atoms with E-state index in [9.17, 15) is 9.46 Å². The third-order valence-electron chi connectivity index (χ3n) is 7.00. The summed E-state index contributed by atoms with van der Waals surface area (Å²) in [6.07, 6.45) is 33.5. The summed E-state index contributed by atoms with van der Waals surface area (Å²) in [6.45, 7) is 5.18. The zero-order valence-corrected chi connectivity index (χ0v) is 24.8. The maximum atomic E-state index is 12.0. The minimum Gasteiger partial charge on any atom is -0.302 e.